The van der Waals surface area contributed by atoms with Crippen molar-refractivity contribution in [3.8, 4) is 0 Å². The third kappa shape index (κ3) is 4.74. The Kier molecular flexibility index (Phi) is 7.62. The number of fused-ring (bicyclic) bond motifs is 3. The molecular formula is C30H45NO8. The van der Waals surface area contributed by atoms with E-state index in [0.717, 1.165) is 0 Å². The van der Waals surface area contributed by atoms with Crippen LogP contribution in [0.1, 0.15) is 87.5 Å². The summed E-state index contributed by atoms with van der Waals surface area (Å²) in [6.07, 6.45) is 0.531. The minimum atomic E-state index is -1.28. The number of aliphatic hydroxyl groups is 2. The molecule has 39 heavy (non-hydrogen) atoms. The molecule has 0 amide bonds. The minimum absolute atomic E-state index is 0.0634. The molecule has 4 rings (SSSR count). The van der Waals surface area contributed by atoms with Gasteiger partial charge in [-0.2, -0.15) is 0 Å². The number of ether oxygens (including phenoxy) is 3. The highest BCUT2D eigenvalue weighted by Crippen LogP contribution is 2.60. The molecule has 9 nitrogen and oxygen atoms in total. The molecule has 4 N–H and O–H groups in total. The Morgan fingerprint density at radius 2 is 1.82 bits per heavy atom. The SMILES string of the molecule is CC[C@H](C)[C@@H](OC(C)=O)[C@@H](C)C1=C(N)C(=O)C2=C(O[C@]3(C)CC[C@H]4O[C@@H](C(C)(C)O)CC[C@]4(C)[C@H]3[C@@H]2O)C1=O. The molecule has 2 fully saturated rings. The summed E-state index contributed by atoms with van der Waals surface area (Å²) in [5.74, 6) is -3.06. The van der Waals surface area contributed by atoms with Gasteiger partial charge in [-0.05, 0) is 52.4 Å². The lowest BCUT2D eigenvalue weighted by molar-refractivity contribution is -0.260. The van der Waals surface area contributed by atoms with Crippen molar-refractivity contribution in [2.45, 2.75) is 123 Å². The number of Topliss-reactive ketones (excluding diaryl/α,β-unsaturated/α-hetero) is 2. The maximum absolute atomic E-state index is 14.0. The van der Waals surface area contributed by atoms with Crippen LogP contribution in [0.4, 0.5) is 0 Å². The van der Waals surface area contributed by atoms with E-state index >= 15 is 0 Å². The van der Waals surface area contributed by atoms with Crippen LogP contribution in [0.15, 0.2) is 22.6 Å². The molecule has 2 heterocycles. The van der Waals surface area contributed by atoms with Crippen molar-refractivity contribution in [3.63, 3.8) is 0 Å². The van der Waals surface area contributed by atoms with Crippen molar-refractivity contribution in [1.29, 1.82) is 0 Å². The first-order valence-corrected chi connectivity index (χ1v) is 14.2. The highest BCUT2D eigenvalue weighted by molar-refractivity contribution is 6.24. The van der Waals surface area contributed by atoms with Crippen LogP contribution in [-0.4, -0.2) is 63.4 Å². The lowest BCUT2D eigenvalue weighted by atomic mass is 9.52. The third-order valence-electron chi connectivity index (χ3n) is 9.95. The summed E-state index contributed by atoms with van der Waals surface area (Å²) in [5, 5.41) is 22.4. The molecule has 0 unspecified atom stereocenters. The third-order valence-corrected chi connectivity index (χ3v) is 9.95. The molecular weight excluding hydrogens is 502 g/mol. The summed E-state index contributed by atoms with van der Waals surface area (Å²) >= 11 is 0. The Morgan fingerprint density at radius 3 is 2.38 bits per heavy atom. The molecule has 0 aromatic rings. The van der Waals surface area contributed by atoms with E-state index in [2.05, 4.69) is 0 Å². The molecule has 2 aliphatic carbocycles. The van der Waals surface area contributed by atoms with Crippen LogP contribution in [0.5, 0.6) is 0 Å². The number of carbonyl (C=O) groups is 3. The number of carbonyl (C=O) groups excluding carboxylic acids is 3. The maximum atomic E-state index is 14.0. The fraction of sp³-hybridized carbons (Fsp3) is 0.767. The zero-order chi connectivity index (χ0) is 29.2. The normalized spacial score (nSPS) is 37.3. The van der Waals surface area contributed by atoms with Gasteiger partial charge in [0.25, 0.3) is 0 Å². The molecule has 0 aromatic carbocycles. The van der Waals surface area contributed by atoms with Crippen molar-refractivity contribution in [3.05, 3.63) is 22.6 Å². The number of hydrogen-bond donors (Lipinski definition) is 3. The van der Waals surface area contributed by atoms with Gasteiger partial charge in [0.1, 0.15) is 11.7 Å². The number of esters is 1. The van der Waals surface area contributed by atoms with Crippen LogP contribution in [-0.2, 0) is 28.6 Å². The second kappa shape index (κ2) is 10.00. The number of ketones is 2. The van der Waals surface area contributed by atoms with Gasteiger partial charge in [-0.15, -0.1) is 0 Å². The summed E-state index contributed by atoms with van der Waals surface area (Å²) in [7, 11) is 0. The fourth-order valence-electron chi connectivity index (χ4n) is 7.64. The van der Waals surface area contributed by atoms with Crippen molar-refractivity contribution < 1.29 is 38.8 Å². The molecule has 2 aliphatic heterocycles. The highest BCUT2D eigenvalue weighted by Gasteiger charge is 2.65. The summed E-state index contributed by atoms with van der Waals surface area (Å²) in [5.41, 5.74) is 3.58. The molecule has 0 bridgehead atoms. The van der Waals surface area contributed by atoms with Gasteiger partial charge in [-0.3, -0.25) is 14.4 Å². The number of aliphatic hydroxyl groups excluding tert-OH is 1. The monoisotopic (exact) mass is 547 g/mol. The van der Waals surface area contributed by atoms with Crippen LogP contribution in [0.2, 0.25) is 0 Å². The maximum Gasteiger partial charge on any atom is 0.302 e. The zero-order valence-electron chi connectivity index (χ0n) is 24.5. The number of hydrogen-bond acceptors (Lipinski definition) is 9. The van der Waals surface area contributed by atoms with E-state index in [9.17, 15) is 24.6 Å². The average Bonchev–Trinajstić information content (AvgIpc) is 2.83. The van der Waals surface area contributed by atoms with Crippen LogP contribution >= 0.6 is 0 Å². The van der Waals surface area contributed by atoms with Gasteiger partial charge in [-0.25, -0.2) is 0 Å². The van der Waals surface area contributed by atoms with Crippen molar-refractivity contribution >= 4 is 17.5 Å². The molecule has 4 aliphatic rings. The van der Waals surface area contributed by atoms with Crippen molar-refractivity contribution in [1.82, 2.24) is 0 Å². The number of allylic oxidation sites excluding steroid dienone is 2. The summed E-state index contributed by atoms with van der Waals surface area (Å²) in [6.45, 7) is 14.3. The largest absolute Gasteiger partial charge is 0.482 e. The predicted molar refractivity (Wildman–Crippen MR) is 143 cm³/mol. The van der Waals surface area contributed by atoms with Crippen molar-refractivity contribution in [2.24, 2.45) is 28.9 Å². The second-order valence-electron chi connectivity index (χ2n) is 13.2. The van der Waals surface area contributed by atoms with Gasteiger partial charge < -0.3 is 30.2 Å². The van der Waals surface area contributed by atoms with Crippen LogP contribution in [0.25, 0.3) is 0 Å². The fourth-order valence-corrected chi connectivity index (χ4v) is 7.64. The lowest BCUT2D eigenvalue weighted by Crippen LogP contribution is -2.66. The van der Waals surface area contributed by atoms with Crippen LogP contribution in [0, 0.1) is 23.2 Å². The molecule has 218 valence electrons. The Hall–Kier alpha value is -2.23. The standard InChI is InChI=1S/C30H45NO8/c1-9-14(2)25(37-16(4)32)15(3)19-21(31)22(33)20-24(35)27-29(7)12-10-17(28(5,6)36)38-18(29)11-13-30(27,8)39-26(20)23(19)34/h14-15,17-18,24-25,27,35-36H,9-13,31H2,1-8H3/t14-,15-,17+,18+,24+,25+,27+,29-,30+/m0/s1. The topological polar surface area (TPSA) is 145 Å². The Bertz CT molecular complexity index is 1120. The quantitative estimate of drug-likeness (QED) is 0.337. The van der Waals surface area contributed by atoms with Crippen LogP contribution < -0.4 is 5.73 Å². The lowest BCUT2D eigenvalue weighted by Gasteiger charge is -2.61. The van der Waals surface area contributed by atoms with Gasteiger partial charge in [0.2, 0.25) is 11.6 Å². The number of nitrogens with two attached hydrogens (primary N) is 1. The first-order valence-electron chi connectivity index (χ1n) is 14.2. The number of rotatable bonds is 6. The molecule has 0 radical (unpaired) electrons. The van der Waals surface area contributed by atoms with Crippen molar-refractivity contribution in [2.75, 3.05) is 0 Å². The van der Waals surface area contributed by atoms with Gasteiger partial charge in [-0.1, -0.05) is 34.1 Å². The van der Waals surface area contributed by atoms with E-state index in [1.807, 2.05) is 27.7 Å². The Balaban J connectivity index is 1.71. The van der Waals surface area contributed by atoms with Crippen LogP contribution in [0.3, 0.4) is 0 Å². The van der Waals surface area contributed by atoms with E-state index in [1.54, 1.807) is 20.8 Å². The summed E-state index contributed by atoms with van der Waals surface area (Å²) in [4.78, 5) is 39.6. The second-order valence-corrected chi connectivity index (χ2v) is 13.2. The van der Waals surface area contributed by atoms with E-state index < -0.39 is 58.2 Å². The smallest absolute Gasteiger partial charge is 0.302 e. The average molecular weight is 548 g/mol. The zero-order valence-corrected chi connectivity index (χ0v) is 24.5. The Labute approximate surface area is 231 Å². The highest BCUT2D eigenvalue weighted by atomic mass is 16.5. The van der Waals surface area contributed by atoms with E-state index in [-0.39, 0.29) is 40.7 Å². The molecule has 1 saturated heterocycles. The molecule has 0 aromatic heterocycles. The van der Waals surface area contributed by atoms with E-state index in [0.29, 0.717) is 32.1 Å². The van der Waals surface area contributed by atoms with Gasteiger partial charge in [0.05, 0.1) is 35.2 Å². The molecule has 0 spiro atoms. The summed E-state index contributed by atoms with van der Waals surface area (Å²) in [6, 6.07) is 0. The minimum Gasteiger partial charge on any atom is -0.482 e. The van der Waals surface area contributed by atoms with E-state index in [4.69, 9.17) is 19.9 Å². The van der Waals surface area contributed by atoms with Gasteiger partial charge >= 0.3 is 5.97 Å². The predicted octanol–water partition coefficient (Wildman–Crippen LogP) is 3.10. The molecule has 1 saturated carbocycles. The van der Waals surface area contributed by atoms with E-state index in [1.165, 1.54) is 6.92 Å². The molecule has 9 atom stereocenters. The first-order chi connectivity index (χ1) is 18.0. The van der Waals surface area contributed by atoms with Gasteiger partial charge in [0, 0.05) is 29.7 Å². The Morgan fingerprint density at radius 1 is 1.18 bits per heavy atom. The summed E-state index contributed by atoms with van der Waals surface area (Å²) < 4.78 is 18.4. The molecule has 9 heteroatoms. The van der Waals surface area contributed by atoms with Gasteiger partial charge in [0.15, 0.2) is 5.76 Å². The first kappa shape index (κ1) is 29.7.